The number of anilines is 1. The van der Waals surface area contributed by atoms with Crippen molar-refractivity contribution < 1.29 is 33.7 Å². The molecular weight excluding hydrogens is 839 g/mol. The number of aliphatic hydroxyl groups is 1. The van der Waals surface area contributed by atoms with Crippen molar-refractivity contribution in [2.75, 3.05) is 51.9 Å². The Hall–Kier alpha value is -5.78. The molecule has 330 valence electrons. The first-order valence-corrected chi connectivity index (χ1v) is 22.5. The minimum Gasteiger partial charge on any atom is -0.497 e. The van der Waals surface area contributed by atoms with Gasteiger partial charge in [0.25, 0.3) is 0 Å². The maximum absolute atomic E-state index is 13.9. The molecule has 1 unspecified atom stereocenters. The lowest BCUT2D eigenvalue weighted by Crippen LogP contribution is -2.58. The van der Waals surface area contributed by atoms with Gasteiger partial charge in [-0.2, -0.15) is 0 Å². The van der Waals surface area contributed by atoms with Crippen molar-refractivity contribution in [3.8, 4) is 37.9 Å². The van der Waals surface area contributed by atoms with E-state index in [4.69, 9.17) is 19.2 Å². The summed E-state index contributed by atoms with van der Waals surface area (Å²) in [5, 5.41) is 20.5. The van der Waals surface area contributed by atoms with Crippen LogP contribution in [0, 0.1) is 12.3 Å². The number of hydrogen-bond acceptors (Lipinski definition) is 13. The standard InChI is InChI=1S/C47H53N7O7S2/c1-29-42(62-28-51-29)32-8-6-30(7-9-32)24-50-44(57)38-22-35(55)26-54(38)46(58)43(47(2,3)4)53-41(56)27-61-21-20-60-19-18-48-40-17-14-34(25-49-40)31-10-12-33(13-11-31)45-52-37-16-15-36(59-5)23-39(37)63-45/h6-17,23,25,28,35,38,43,55H,18-22,24,26-27H2,1-5H3,(H,48,49)(H,50,57)(H,53,56)/t35-,38+,43?/m1/s1. The van der Waals surface area contributed by atoms with E-state index in [1.165, 1.54) is 4.90 Å². The third-order valence-corrected chi connectivity index (χ3v) is 12.7. The number of hydrogen-bond donors (Lipinski definition) is 4. The lowest BCUT2D eigenvalue weighted by molar-refractivity contribution is -0.144. The van der Waals surface area contributed by atoms with Crippen molar-refractivity contribution in [2.24, 2.45) is 5.41 Å². The Morgan fingerprint density at radius 3 is 2.33 bits per heavy atom. The van der Waals surface area contributed by atoms with Crippen LogP contribution >= 0.6 is 22.7 Å². The SMILES string of the molecule is COc1ccc2nc(-c3ccc(-c4ccc(NCCOCCOCC(=O)NC(C(=O)N5C[C@H](O)C[C@H]5C(=O)NCc5ccc(-c6scnc6C)cc5)C(C)(C)C)nc4)cc3)sc2c1. The quantitative estimate of drug-likeness (QED) is 0.0674. The van der Waals surface area contributed by atoms with E-state index in [9.17, 15) is 19.5 Å². The molecule has 0 spiro atoms. The van der Waals surface area contributed by atoms with Crippen LogP contribution in [0.2, 0.25) is 0 Å². The lowest BCUT2D eigenvalue weighted by Gasteiger charge is -2.35. The number of thiazole rings is 2. The van der Waals surface area contributed by atoms with Crippen molar-refractivity contribution in [3.63, 3.8) is 0 Å². The molecule has 3 aromatic carbocycles. The van der Waals surface area contributed by atoms with Crippen molar-refractivity contribution >= 4 is 56.4 Å². The molecule has 7 rings (SSSR count). The largest absolute Gasteiger partial charge is 0.497 e. The zero-order chi connectivity index (χ0) is 44.5. The third kappa shape index (κ3) is 11.6. The summed E-state index contributed by atoms with van der Waals surface area (Å²) in [7, 11) is 1.66. The monoisotopic (exact) mass is 891 g/mol. The predicted octanol–water partition coefficient (Wildman–Crippen LogP) is 6.72. The molecule has 3 aromatic heterocycles. The Kier molecular flexibility index (Phi) is 14.8. The number of fused-ring (bicyclic) bond motifs is 1. The number of nitrogens with one attached hydrogen (secondary N) is 3. The molecule has 0 saturated carbocycles. The molecule has 0 aliphatic carbocycles. The van der Waals surface area contributed by atoms with Crippen LogP contribution in [0.3, 0.4) is 0 Å². The smallest absolute Gasteiger partial charge is 0.246 e. The fourth-order valence-corrected chi connectivity index (χ4v) is 9.06. The minimum atomic E-state index is -0.955. The van der Waals surface area contributed by atoms with E-state index in [2.05, 4.69) is 50.2 Å². The number of methoxy groups -OCH3 is 1. The highest BCUT2D eigenvalue weighted by Crippen LogP contribution is 2.34. The summed E-state index contributed by atoms with van der Waals surface area (Å²) in [6.07, 6.45) is 1.07. The molecule has 1 aliphatic heterocycles. The number of ether oxygens (including phenoxy) is 3. The van der Waals surface area contributed by atoms with Gasteiger partial charge in [0.2, 0.25) is 17.7 Å². The summed E-state index contributed by atoms with van der Waals surface area (Å²) in [6.45, 7) is 8.83. The fraction of sp³-hybridized carbons (Fsp3) is 0.362. The van der Waals surface area contributed by atoms with Gasteiger partial charge >= 0.3 is 0 Å². The van der Waals surface area contributed by atoms with Crippen LogP contribution in [0.1, 0.15) is 38.4 Å². The van der Waals surface area contributed by atoms with Crippen LogP contribution in [-0.2, 0) is 30.4 Å². The summed E-state index contributed by atoms with van der Waals surface area (Å²) in [6, 6.07) is 24.2. The number of benzene rings is 3. The van der Waals surface area contributed by atoms with Gasteiger partial charge in [0, 0.05) is 43.4 Å². The van der Waals surface area contributed by atoms with Gasteiger partial charge in [-0.1, -0.05) is 69.3 Å². The van der Waals surface area contributed by atoms with E-state index in [0.29, 0.717) is 13.2 Å². The van der Waals surface area contributed by atoms with Crippen LogP contribution in [0.25, 0.3) is 42.4 Å². The van der Waals surface area contributed by atoms with Gasteiger partial charge in [-0.15, -0.1) is 22.7 Å². The Morgan fingerprint density at radius 1 is 0.905 bits per heavy atom. The van der Waals surface area contributed by atoms with Crippen LogP contribution in [0.15, 0.2) is 90.6 Å². The predicted molar refractivity (Wildman–Crippen MR) is 247 cm³/mol. The number of carbonyl (C=O) groups excluding carboxylic acids is 3. The molecular formula is C47H53N7O7S2. The first kappa shape index (κ1) is 45.3. The van der Waals surface area contributed by atoms with Gasteiger partial charge in [-0.05, 0) is 59.4 Å². The zero-order valence-electron chi connectivity index (χ0n) is 36.1. The Labute approximate surface area is 375 Å². The van der Waals surface area contributed by atoms with Gasteiger partial charge in [-0.3, -0.25) is 14.4 Å². The molecule has 3 amide bonds. The average molecular weight is 892 g/mol. The summed E-state index contributed by atoms with van der Waals surface area (Å²) in [5.74, 6) is 0.267. The van der Waals surface area contributed by atoms with E-state index in [1.807, 2.05) is 94.0 Å². The molecule has 1 fully saturated rings. The van der Waals surface area contributed by atoms with Gasteiger partial charge in [-0.25, -0.2) is 15.0 Å². The number of likely N-dealkylation sites (tertiary alicyclic amines) is 1. The number of aryl methyl sites for hydroxylation is 1. The van der Waals surface area contributed by atoms with E-state index in [1.54, 1.807) is 29.8 Å². The summed E-state index contributed by atoms with van der Waals surface area (Å²) in [5.41, 5.74) is 8.09. The molecule has 6 aromatic rings. The maximum Gasteiger partial charge on any atom is 0.246 e. The number of aliphatic hydroxyl groups excluding tert-OH is 1. The molecule has 16 heteroatoms. The van der Waals surface area contributed by atoms with E-state index < -0.39 is 35.4 Å². The van der Waals surface area contributed by atoms with Gasteiger partial charge in [0.15, 0.2) is 0 Å². The Balaban J connectivity index is 0.800. The molecule has 1 aliphatic rings. The van der Waals surface area contributed by atoms with Crippen LogP contribution in [0.5, 0.6) is 5.75 Å². The van der Waals surface area contributed by atoms with E-state index >= 15 is 0 Å². The highest BCUT2D eigenvalue weighted by atomic mass is 32.1. The van der Waals surface area contributed by atoms with Crippen LogP contribution in [-0.4, -0.2) is 107 Å². The minimum absolute atomic E-state index is 0.00886. The zero-order valence-corrected chi connectivity index (χ0v) is 37.7. The van der Waals surface area contributed by atoms with Crippen molar-refractivity contribution in [1.29, 1.82) is 0 Å². The molecule has 3 atom stereocenters. The van der Waals surface area contributed by atoms with E-state index in [0.717, 1.165) is 65.2 Å². The molecule has 0 radical (unpaired) electrons. The number of rotatable bonds is 18. The first-order chi connectivity index (χ1) is 30.4. The van der Waals surface area contributed by atoms with Crippen LogP contribution in [0.4, 0.5) is 5.82 Å². The second-order valence-electron chi connectivity index (χ2n) is 16.4. The summed E-state index contributed by atoms with van der Waals surface area (Å²) in [4.78, 5) is 56.5. The summed E-state index contributed by atoms with van der Waals surface area (Å²) < 4.78 is 17.7. The molecule has 14 nitrogen and oxygen atoms in total. The van der Waals surface area contributed by atoms with Gasteiger partial charge in [0.05, 0.1) is 59.3 Å². The highest BCUT2D eigenvalue weighted by molar-refractivity contribution is 7.21. The number of β-amino-alcohol motifs (C(OH)–C–C–N with tert-alkyl or cyclic N) is 1. The van der Waals surface area contributed by atoms with Crippen molar-refractivity contribution in [1.82, 2.24) is 30.5 Å². The average Bonchev–Trinajstić information content (AvgIpc) is 4.03. The van der Waals surface area contributed by atoms with Crippen molar-refractivity contribution in [2.45, 2.75) is 58.8 Å². The second kappa shape index (κ2) is 20.6. The number of aromatic nitrogens is 3. The second-order valence-corrected chi connectivity index (χ2v) is 18.3. The number of pyridine rings is 1. The molecule has 1 saturated heterocycles. The topological polar surface area (TPSA) is 177 Å². The van der Waals surface area contributed by atoms with Gasteiger partial charge < -0.3 is 40.2 Å². The van der Waals surface area contributed by atoms with Crippen molar-refractivity contribution in [3.05, 3.63) is 102 Å². The number of amides is 3. The molecule has 0 bridgehead atoms. The highest BCUT2D eigenvalue weighted by Gasteiger charge is 2.44. The Bertz CT molecular complexity index is 2490. The van der Waals surface area contributed by atoms with E-state index in [-0.39, 0.29) is 45.2 Å². The molecule has 4 heterocycles. The normalized spacial score (nSPS) is 15.6. The summed E-state index contributed by atoms with van der Waals surface area (Å²) >= 11 is 3.21. The first-order valence-electron chi connectivity index (χ1n) is 20.8. The molecule has 63 heavy (non-hydrogen) atoms. The number of nitrogens with zero attached hydrogens (tertiary/aromatic N) is 4. The maximum atomic E-state index is 13.9. The molecule has 4 N–H and O–H groups in total. The number of carbonyl (C=O) groups is 3. The van der Waals surface area contributed by atoms with Gasteiger partial charge in [0.1, 0.15) is 35.3 Å². The lowest BCUT2D eigenvalue weighted by atomic mass is 9.85. The Morgan fingerprint density at radius 2 is 1.63 bits per heavy atom. The third-order valence-electron chi connectivity index (χ3n) is 10.7. The van der Waals surface area contributed by atoms with Crippen LogP contribution < -0.4 is 20.7 Å². The fourth-order valence-electron chi connectivity index (χ4n) is 7.25.